The van der Waals surface area contributed by atoms with E-state index in [0.29, 0.717) is 12.8 Å². The SMILES string of the molecule is N#CCC1(CS(=O)(=O)c2ccc(Cl)c(C(=O)O)c2)CC1. The Hall–Kier alpha value is -1.58. The number of halogens is 1. The first-order chi connectivity index (χ1) is 9.30. The Kier molecular flexibility index (Phi) is 3.76. The number of aromatic carboxylic acids is 1. The summed E-state index contributed by atoms with van der Waals surface area (Å²) < 4.78 is 24.6. The quantitative estimate of drug-likeness (QED) is 0.901. The molecule has 1 saturated carbocycles. The zero-order valence-corrected chi connectivity index (χ0v) is 12.0. The van der Waals surface area contributed by atoms with Gasteiger partial charge in [0.05, 0.1) is 27.3 Å². The second-order valence-electron chi connectivity index (χ2n) is 5.04. The number of carbonyl (C=O) groups is 1. The number of sulfone groups is 1. The van der Waals surface area contributed by atoms with Crippen molar-refractivity contribution in [2.45, 2.75) is 24.2 Å². The van der Waals surface area contributed by atoms with Crippen LogP contribution in [0.5, 0.6) is 0 Å². The molecule has 0 unspecified atom stereocenters. The molecular formula is C13H12ClNO4S. The molecule has 0 atom stereocenters. The lowest BCUT2D eigenvalue weighted by Gasteiger charge is -2.12. The van der Waals surface area contributed by atoms with Crippen molar-refractivity contribution in [3.05, 3.63) is 28.8 Å². The highest BCUT2D eigenvalue weighted by Gasteiger charge is 2.46. The molecule has 0 aliphatic heterocycles. The van der Waals surface area contributed by atoms with Gasteiger partial charge in [-0.05, 0) is 36.5 Å². The molecule has 1 fully saturated rings. The van der Waals surface area contributed by atoms with Crippen LogP contribution in [0.25, 0.3) is 0 Å². The average molecular weight is 314 g/mol. The Bertz CT molecular complexity index is 702. The number of carboxylic acids is 1. The zero-order valence-electron chi connectivity index (χ0n) is 10.5. The maximum Gasteiger partial charge on any atom is 0.337 e. The smallest absolute Gasteiger partial charge is 0.337 e. The van der Waals surface area contributed by atoms with Crippen molar-refractivity contribution in [1.29, 1.82) is 5.26 Å². The fraction of sp³-hybridized carbons (Fsp3) is 0.385. The van der Waals surface area contributed by atoms with Gasteiger partial charge < -0.3 is 5.11 Å². The Morgan fingerprint density at radius 1 is 1.45 bits per heavy atom. The molecule has 0 aromatic heterocycles. The van der Waals surface area contributed by atoms with Crippen LogP contribution in [0.1, 0.15) is 29.6 Å². The van der Waals surface area contributed by atoms with Gasteiger partial charge in [0.25, 0.3) is 0 Å². The average Bonchev–Trinajstić information content (AvgIpc) is 3.08. The van der Waals surface area contributed by atoms with Crippen LogP contribution >= 0.6 is 11.6 Å². The number of carboxylic acid groups (broad SMARTS) is 1. The van der Waals surface area contributed by atoms with Crippen LogP contribution in [0.4, 0.5) is 0 Å². The van der Waals surface area contributed by atoms with Crippen LogP contribution in [0.15, 0.2) is 23.1 Å². The van der Waals surface area contributed by atoms with Gasteiger partial charge >= 0.3 is 5.97 Å². The fourth-order valence-corrected chi connectivity index (χ4v) is 4.20. The van der Waals surface area contributed by atoms with Gasteiger partial charge in [0.15, 0.2) is 9.84 Å². The van der Waals surface area contributed by atoms with Crippen molar-refractivity contribution in [3.8, 4) is 6.07 Å². The van der Waals surface area contributed by atoms with Crippen molar-refractivity contribution >= 4 is 27.4 Å². The van der Waals surface area contributed by atoms with Crippen LogP contribution in [0.2, 0.25) is 5.02 Å². The molecule has 0 saturated heterocycles. The first-order valence-corrected chi connectivity index (χ1v) is 7.95. The minimum atomic E-state index is -3.62. The maximum atomic E-state index is 12.3. The fourth-order valence-electron chi connectivity index (χ4n) is 2.06. The molecule has 0 bridgehead atoms. The predicted molar refractivity (Wildman–Crippen MR) is 72.4 cm³/mol. The topological polar surface area (TPSA) is 95.2 Å². The summed E-state index contributed by atoms with van der Waals surface area (Å²) in [5.74, 6) is -1.40. The summed E-state index contributed by atoms with van der Waals surface area (Å²) in [4.78, 5) is 10.9. The third-order valence-corrected chi connectivity index (χ3v) is 5.73. The normalized spacial score (nSPS) is 16.4. The molecular weight excluding hydrogens is 302 g/mol. The van der Waals surface area contributed by atoms with E-state index < -0.39 is 21.2 Å². The minimum absolute atomic E-state index is 0.00499. The maximum absolute atomic E-state index is 12.3. The first-order valence-electron chi connectivity index (χ1n) is 5.92. The van der Waals surface area contributed by atoms with Gasteiger partial charge in [0.1, 0.15) is 0 Å². The standard InChI is InChI=1S/C13H12ClNO4S/c14-11-2-1-9(7-10(11)12(16)17)20(18,19)8-13(3-4-13)5-6-15/h1-2,7H,3-5,8H2,(H,16,17). The minimum Gasteiger partial charge on any atom is -0.478 e. The Balaban J connectivity index is 2.33. The van der Waals surface area contributed by atoms with Gasteiger partial charge in [-0.15, -0.1) is 0 Å². The van der Waals surface area contributed by atoms with Crippen molar-refractivity contribution in [1.82, 2.24) is 0 Å². The number of benzene rings is 1. The van der Waals surface area contributed by atoms with Gasteiger partial charge in [-0.1, -0.05) is 11.6 Å². The van der Waals surface area contributed by atoms with Crippen LogP contribution in [-0.4, -0.2) is 25.2 Å². The second-order valence-corrected chi connectivity index (χ2v) is 7.44. The van der Waals surface area contributed by atoms with E-state index in [2.05, 4.69) is 0 Å². The van der Waals surface area contributed by atoms with E-state index in [1.807, 2.05) is 6.07 Å². The van der Waals surface area contributed by atoms with E-state index >= 15 is 0 Å². The van der Waals surface area contributed by atoms with E-state index in [0.717, 1.165) is 6.07 Å². The van der Waals surface area contributed by atoms with Gasteiger partial charge in [-0.2, -0.15) is 5.26 Å². The number of hydrogen-bond donors (Lipinski definition) is 1. The third-order valence-electron chi connectivity index (χ3n) is 3.43. The Morgan fingerprint density at radius 3 is 2.60 bits per heavy atom. The lowest BCUT2D eigenvalue weighted by atomic mass is 10.1. The molecule has 0 heterocycles. The van der Waals surface area contributed by atoms with E-state index in [4.69, 9.17) is 22.0 Å². The summed E-state index contributed by atoms with van der Waals surface area (Å²) in [7, 11) is -3.62. The molecule has 0 spiro atoms. The van der Waals surface area contributed by atoms with Crippen LogP contribution in [-0.2, 0) is 9.84 Å². The van der Waals surface area contributed by atoms with E-state index in [1.54, 1.807) is 0 Å². The van der Waals surface area contributed by atoms with Gasteiger partial charge in [0, 0.05) is 6.42 Å². The molecule has 106 valence electrons. The molecule has 2 rings (SSSR count). The van der Waals surface area contributed by atoms with Crippen molar-refractivity contribution in [2.24, 2.45) is 5.41 Å². The molecule has 1 aliphatic carbocycles. The highest BCUT2D eigenvalue weighted by Crippen LogP contribution is 2.50. The molecule has 1 aliphatic rings. The van der Waals surface area contributed by atoms with E-state index in [1.165, 1.54) is 12.1 Å². The van der Waals surface area contributed by atoms with Crippen LogP contribution < -0.4 is 0 Å². The summed E-state index contributed by atoms with van der Waals surface area (Å²) in [6, 6.07) is 5.64. The second kappa shape index (κ2) is 5.08. The number of nitriles is 1. The number of hydrogen-bond acceptors (Lipinski definition) is 4. The Morgan fingerprint density at radius 2 is 2.10 bits per heavy atom. The highest BCUT2D eigenvalue weighted by atomic mass is 35.5. The molecule has 1 aromatic rings. The summed E-state index contributed by atoms with van der Waals surface area (Å²) in [6.07, 6.45) is 1.62. The molecule has 1 N–H and O–H groups in total. The molecule has 7 heteroatoms. The van der Waals surface area contributed by atoms with Gasteiger partial charge in [-0.25, -0.2) is 13.2 Å². The Labute approximate surface area is 121 Å². The van der Waals surface area contributed by atoms with Gasteiger partial charge in [-0.3, -0.25) is 0 Å². The van der Waals surface area contributed by atoms with E-state index in [-0.39, 0.29) is 27.7 Å². The largest absolute Gasteiger partial charge is 0.478 e. The first kappa shape index (κ1) is 14.8. The lowest BCUT2D eigenvalue weighted by Crippen LogP contribution is -2.17. The van der Waals surface area contributed by atoms with E-state index in [9.17, 15) is 13.2 Å². The summed E-state index contributed by atoms with van der Waals surface area (Å²) >= 11 is 5.72. The van der Waals surface area contributed by atoms with Crippen molar-refractivity contribution < 1.29 is 18.3 Å². The highest BCUT2D eigenvalue weighted by molar-refractivity contribution is 7.91. The summed E-state index contributed by atoms with van der Waals surface area (Å²) in [6.45, 7) is 0. The molecule has 5 nitrogen and oxygen atoms in total. The van der Waals surface area contributed by atoms with Crippen molar-refractivity contribution in [3.63, 3.8) is 0 Å². The molecule has 1 aromatic carbocycles. The molecule has 0 amide bonds. The zero-order chi connectivity index (χ0) is 15.0. The van der Waals surface area contributed by atoms with Gasteiger partial charge in [0.2, 0.25) is 0 Å². The predicted octanol–water partition coefficient (Wildman–Crippen LogP) is 2.51. The van der Waals surface area contributed by atoms with Crippen LogP contribution in [0, 0.1) is 16.7 Å². The summed E-state index contributed by atoms with van der Waals surface area (Å²) in [5.41, 5.74) is -0.700. The lowest BCUT2D eigenvalue weighted by molar-refractivity contribution is 0.0697. The number of rotatable bonds is 5. The molecule has 0 radical (unpaired) electrons. The summed E-state index contributed by atoms with van der Waals surface area (Å²) in [5, 5.41) is 17.7. The monoisotopic (exact) mass is 313 g/mol. The van der Waals surface area contributed by atoms with Crippen molar-refractivity contribution in [2.75, 3.05) is 5.75 Å². The number of nitrogens with zero attached hydrogens (tertiary/aromatic N) is 1. The van der Waals surface area contributed by atoms with Crippen LogP contribution in [0.3, 0.4) is 0 Å². The molecule has 20 heavy (non-hydrogen) atoms. The third kappa shape index (κ3) is 2.94.